The molecular weight excluding hydrogens is 358 g/mol. The van der Waals surface area contributed by atoms with Gasteiger partial charge in [-0.3, -0.25) is 9.69 Å². The summed E-state index contributed by atoms with van der Waals surface area (Å²) in [7, 11) is 3.13. The molecule has 28 heavy (non-hydrogen) atoms. The highest BCUT2D eigenvalue weighted by Gasteiger charge is 2.26. The molecule has 1 atom stereocenters. The molecule has 0 aliphatic heterocycles. The number of carbonyl (C=O) groups is 2. The molecule has 1 heterocycles. The van der Waals surface area contributed by atoms with E-state index >= 15 is 0 Å². The number of esters is 1. The number of furan rings is 1. The number of likely N-dealkylation sites (N-methyl/N-ethyl adjacent to an activating group) is 1. The van der Waals surface area contributed by atoms with E-state index in [1.165, 1.54) is 7.11 Å². The zero-order valence-electron chi connectivity index (χ0n) is 16.6. The third-order valence-electron chi connectivity index (χ3n) is 4.58. The molecule has 2 rings (SSSR count). The van der Waals surface area contributed by atoms with Gasteiger partial charge in [0, 0.05) is 12.2 Å². The maximum absolute atomic E-state index is 13.1. The molecule has 0 radical (unpaired) electrons. The Kier molecular flexibility index (Phi) is 7.36. The van der Waals surface area contributed by atoms with E-state index < -0.39 is 12.0 Å². The number of methoxy groups -OCH3 is 1. The highest BCUT2D eigenvalue weighted by atomic mass is 16.5. The largest absolute Gasteiger partial charge is 0.465 e. The number of benzene rings is 1. The van der Waals surface area contributed by atoms with Crippen LogP contribution in [0.5, 0.6) is 0 Å². The van der Waals surface area contributed by atoms with Gasteiger partial charge in [-0.05, 0) is 39.1 Å². The lowest BCUT2D eigenvalue weighted by Gasteiger charge is -2.29. The van der Waals surface area contributed by atoms with Gasteiger partial charge in [-0.25, -0.2) is 4.79 Å². The van der Waals surface area contributed by atoms with E-state index in [2.05, 4.69) is 6.07 Å². The number of hydrogen-bond acceptors (Lipinski definition) is 6. The van der Waals surface area contributed by atoms with Gasteiger partial charge in [-0.1, -0.05) is 18.2 Å². The van der Waals surface area contributed by atoms with Crippen molar-refractivity contribution in [3.05, 3.63) is 53.5 Å². The van der Waals surface area contributed by atoms with Crippen LogP contribution in [0.1, 0.15) is 35.2 Å². The smallest absolute Gasteiger partial charge is 0.341 e. The van der Waals surface area contributed by atoms with Crippen LogP contribution in [0.3, 0.4) is 0 Å². The van der Waals surface area contributed by atoms with Gasteiger partial charge in [-0.2, -0.15) is 5.26 Å². The van der Waals surface area contributed by atoms with Crippen molar-refractivity contribution in [3.8, 4) is 6.07 Å². The minimum absolute atomic E-state index is 0.111. The SMILES string of the molecule is COC(=O)c1cc(CN(C)C(C)C(=O)N(CCC#N)c2ccccc2)oc1C. The molecule has 0 bridgehead atoms. The fourth-order valence-corrected chi connectivity index (χ4v) is 2.87. The van der Waals surface area contributed by atoms with E-state index in [4.69, 9.17) is 14.4 Å². The minimum Gasteiger partial charge on any atom is -0.465 e. The normalized spacial score (nSPS) is 11.7. The Morgan fingerprint density at radius 1 is 1.29 bits per heavy atom. The van der Waals surface area contributed by atoms with E-state index in [0.29, 0.717) is 30.2 Å². The van der Waals surface area contributed by atoms with Crippen molar-refractivity contribution in [1.82, 2.24) is 4.90 Å². The number of aryl methyl sites for hydroxylation is 1. The Balaban J connectivity index is 2.14. The quantitative estimate of drug-likeness (QED) is 0.651. The molecule has 1 amide bonds. The van der Waals surface area contributed by atoms with E-state index in [-0.39, 0.29) is 12.3 Å². The molecule has 0 saturated carbocycles. The second-order valence-electron chi connectivity index (χ2n) is 6.50. The molecule has 0 spiro atoms. The summed E-state index contributed by atoms with van der Waals surface area (Å²) < 4.78 is 10.4. The number of nitriles is 1. The third kappa shape index (κ3) is 4.99. The highest BCUT2D eigenvalue weighted by Crippen LogP contribution is 2.20. The average Bonchev–Trinajstić information content (AvgIpc) is 3.07. The number of para-hydroxylation sites is 1. The van der Waals surface area contributed by atoms with Crippen molar-refractivity contribution in [2.75, 3.05) is 25.6 Å². The molecule has 0 saturated heterocycles. The number of carbonyl (C=O) groups excluding carboxylic acids is 2. The number of nitrogens with zero attached hydrogens (tertiary/aromatic N) is 3. The fourth-order valence-electron chi connectivity index (χ4n) is 2.87. The second kappa shape index (κ2) is 9.72. The Labute approximate surface area is 165 Å². The molecule has 2 aromatic rings. The Morgan fingerprint density at radius 3 is 2.57 bits per heavy atom. The first kappa shape index (κ1) is 21.2. The minimum atomic E-state index is -0.453. The van der Waals surface area contributed by atoms with Gasteiger partial charge in [0.25, 0.3) is 0 Å². The standard InChI is InChI=1S/C21H25N3O4/c1-15(20(25)24(12-8-11-22)17-9-6-5-7-10-17)23(3)14-18-13-19(16(2)28-18)21(26)27-4/h5-7,9-10,13,15H,8,12,14H2,1-4H3. The lowest BCUT2D eigenvalue weighted by Crippen LogP contribution is -2.46. The molecule has 0 aliphatic rings. The van der Waals surface area contributed by atoms with Crippen molar-refractivity contribution in [2.45, 2.75) is 32.9 Å². The number of amides is 1. The Hall–Kier alpha value is -3.11. The number of ether oxygens (including phenoxy) is 1. The first-order valence-corrected chi connectivity index (χ1v) is 9.00. The van der Waals surface area contributed by atoms with Crippen LogP contribution < -0.4 is 4.90 Å². The van der Waals surface area contributed by atoms with Crippen LogP contribution in [0.4, 0.5) is 5.69 Å². The zero-order valence-corrected chi connectivity index (χ0v) is 16.6. The van der Waals surface area contributed by atoms with Crippen LogP contribution in [0.25, 0.3) is 0 Å². The molecule has 1 aromatic heterocycles. The summed E-state index contributed by atoms with van der Waals surface area (Å²) in [6, 6.07) is 12.6. The van der Waals surface area contributed by atoms with Crippen molar-refractivity contribution < 1.29 is 18.7 Å². The maximum Gasteiger partial charge on any atom is 0.341 e. The second-order valence-corrected chi connectivity index (χ2v) is 6.50. The van der Waals surface area contributed by atoms with Gasteiger partial charge in [0.05, 0.1) is 32.2 Å². The summed E-state index contributed by atoms with van der Waals surface area (Å²) in [5.41, 5.74) is 1.13. The van der Waals surface area contributed by atoms with E-state index in [0.717, 1.165) is 5.69 Å². The lowest BCUT2D eigenvalue weighted by atomic mass is 10.2. The lowest BCUT2D eigenvalue weighted by molar-refractivity contribution is -0.123. The van der Waals surface area contributed by atoms with E-state index in [9.17, 15) is 9.59 Å². The molecule has 1 aromatic carbocycles. The molecule has 7 heteroatoms. The summed E-state index contributed by atoms with van der Waals surface area (Å²) in [4.78, 5) is 28.3. The number of hydrogen-bond donors (Lipinski definition) is 0. The van der Waals surface area contributed by atoms with Crippen LogP contribution in [0.15, 0.2) is 40.8 Å². The molecule has 7 nitrogen and oxygen atoms in total. The predicted molar refractivity (Wildman–Crippen MR) is 105 cm³/mol. The van der Waals surface area contributed by atoms with Crippen molar-refractivity contribution in [3.63, 3.8) is 0 Å². The summed E-state index contributed by atoms with van der Waals surface area (Å²) in [6.07, 6.45) is 0.247. The van der Waals surface area contributed by atoms with Gasteiger partial charge >= 0.3 is 5.97 Å². The van der Waals surface area contributed by atoms with Crippen LogP contribution in [-0.2, 0) is 16.1 Å². The fraction of sp³-hybridized carbons (Fsp3) is 0.381. The van der Waals surface area contributed by atoms with Gasteiger partial charge < -0.3 is 14.1 Å². The molecular formula is C21H25N3O4. The molecule has 1 unspecified atom stereocenters. The van der Waals surface area contributed by atoms with Gasteiger partial charge in [0.2, 0.25) is 5.91 Å². The first-order valence-electron chi connectivity index (χ1n) is 9.00. The number of rotatable bonds is 8. The molecule has 148 valence electrons. The van der Waals surface area contributed by atoms with Crippen LogP contribution in [-0.4, -0.2) is 43.5 Å². The van der Waals surface area contributed by atoms with Gasteiger partial charge in [0.15, 0.2) is 0 Å². The molecule has 0 aliphatic carbocycles. The first-order chi connectivity index (χ1) is 13.4. The molecule has 0 N–H and O–H groups in total. The monoisotopic (exact) mass is 383 g/mol. The number of anilines is 1. The van der Waals surface area contributed by atoms with Crippen LogP contribution in [0.2, 0.25) is 0 Å². The summed E-state index contributed by atoms with van der Waals surface area (Å²) in [5, 5.41) is 8.93. The van der Waals surface area contributed by atoms with E-state index in [1.54, 1.807) is 17.9 Å². The Morgan fingerprint density at radius 2 is 1.96 bits per heavy atom. The van der Waals surface area contributed by atoms with E-state index in [1.807, 2.05) is 49.2 Å². The van der Waals surface area contributed by atoms with Gasteiger partial charge in [0.1, 0.15) is 17.1 Å². The summed E-state index contributed by atoms with van der Waals surface area (Å²) in [6.45, 7) is 4.18. The van der Waals surface area contributed by atoms with Crippen LogP contribution >= 0.6 is 0 Å². The predicted octanol–water partition coefficient (Wildman–Crippen LogP) is 3.14. The topological polar surface area (TPSA) is 86.8 Å². The molecule has 0 fully saturated rings. The Bertz CT molecular complexity index is 854. The average molecular weight is 383 g/mol. The van der Waals surface area contributed by atoms with Crippen molar-refractivity contribution in [2.24, 2.45) is 0 Å². The van der Waals surface area contributed by atoms with Crippen molar-refractivity contribution in [1.29, 1.82) is 5.26 Å². The van der Waals surface area contributed by atoms with Gasteiger partial charge in [-0.15, -0.1) is 0 Å². The summed E-state index contributed by atoms with van der Waals surface area (Å²) >= 11 is 0. The summed E-state index contributed by atoms with van der Waals surface area (Å²) in [5.74, 6) is 0.490. The zero-order chi connectivity index (χ0) is 20.7. The maximum atomic E-state index is 13.1. The highest BCUT2D eigenvalue weighted by molar-refractivity contribution is 5.97. The van der Waals surface area contributed by atoms with Crippen LogP contribution in [0, 0.1) is 18.3 Å². The third-order valence-corrected chi connectivity index (χ3v) is 4.58. The van der Waals surface area contributed by atoms with Crippen molar-refractivity contribution >= 4 is 17.6 Å².